The lowest BCUT2D eigenvalue weighted by Crippen LogP contribution is -2.46. The van der Waals surface area contributed by atoms with Crippen LogP contribution in [0.2, 0.25) is 0 Å². The van der Waals surface area contributed by atoms with Crippen molar-refractivity contribution in [2.75, 3.05) is 38.5 Å². The molecule has 4 heteroatoms. The van der Waals surface area contributed by atoms with E-state index in [0.717, 1.165) is 45.4 Å². The lowest BCUT2D eigenvalue weighted by molar-refractivity contribution is -0.133. The van der Waals surface area contributed by atoms with E-state index in [4.69, 9.17) is 0 Å². The summed E-state index contributed by atoms with van der Waals surface area (Å²) in [6.07, 6.45) is 5.31. The minimum atomic E-state index is 0.362. The number of hydrogen-bond acceptors (Lipinski definition) is 3. The van der Waals surface area contributed by atoms with Crippen molar-refractivity contribution >= 4 is 11.6 Å². The summed E-state index contributed by atoms with van der Waals surface area (Å²) in [7, 11) is 2.17. The standard InChI is InChI=1S/C22H35N3O/c1-17(2)19-6-8-20(9-7-19)23-21-5-4-12-25(16-21)22(26)15-18-10-13-24(3)14-11-18/h6-9,17-18,21,23H,4-5,10-16H2,1-3H3/t21-/m1/s1. The first-order valence-electron chi connectivity index (χ1n) is 10.3. The molecule has 1 aromatic rings. The van der Waals surface area contributed by atoms with Gasteiger partial charge < -0.3 is 15.1 Å². The van der Waals surface area contributed by atoms with Crippen molar-refractivity contribution in [1.29, 1.82) is 0 Å². The maximum Gasteiger partial charge on any atom is 0.222 e. The second kappa shape index (κ2) is 8.90. The van der Waals surface area contributed by atoms with E-state index in [1.54, 1.807) is 0 Å². The van der Waals surface area contributed by atoms with Crippen LogP contribution < -0.4 is 5.32 Å². The zero-order chi connectivity index (χ0) is 18.5. The fraction of sp³-hybridized carbons (Fsp3) is 0.682. The quantitative estimate of drug-likeness (QED) is 0.867. The van der Waals surface area contributed by atoms with Gasteiger partial charge in [0.05, 0.1) is 0 Å². The van der Waals surface area contributed by atoms with E-state index in [9.17, 15) is 4.79 Å². The predicted octanol–water partition coefficient (Wildman–Crippen LogP) is 3.94. The van der Waals surface area contributed by atoms with Gasteiger partial charge in [0.2, 0.25) is 5.91 Å². The number of anilines is 1. The lowest BCUT2D eigenvalue weighted by atomic mass is 9.92. The van der Waals surface area contributed by atoms with Crippen LogP contribution >= 0.6 is 0 Å². The maximum absolute atomic E-state index is 12.7. The van der Waals surface area contributed by atoms with Crippen molar-refractivity contribution < 1.29 is 4.79 Å². The first-order valence-corrected chi connectivity index (χ1v) is 10.3. The molecule has 1 aromatic carbocycles. The van der Waals surface area contributed by atoms with Gasteiger partial charge in [-0.3, -0.25) is 4.79 Å². The number of rotatable bonds is 5. The average Bonchev–Trinajstić information content (AvgIpc) is 2.64. The summed E-state index contributed by atoms with van der Waals surface area (Å²) in [4.78, 5) is 17.2. The molecule has 1 N–H and O–H groups in total. The second-order valence-corrected chi connectivity index (χ2v) is 8.55. The van der Waals surface area contributed by atoms with E-state index >= 15 is 0 Å². The SMILES string of the molecule is CC(C)c1ccc(N[C@@H]2CCCN(C(=O)CC3CCN(C)CC3)C2)cc1. The minimum absolute atomic E-state index is 0.362. The summed E-state index contributed by atoms with van der Waals surface area (Å²) >= 11 is 0. The van der Waals surface area contributed by atoms with Gasteiger partial charge in [-0.2, -0.15) is 0 Å². The van der Waals surface area contributed by atoms with Gasteiger partial charge in [0.15, 0.2) is 0 Å². The van der Waals surface area contributed by atoms with Crippen LogP contribution in [0.25, 0.3) is 0 Å². The summed E-state index contributed by atoms with van der Waals surface area (Å²) in [5.41, 5.74) is 2.54. The molecule has 2 saturated heterocycles. The summed E-state index contributed by atoms with van der Waals surface area (Å²) < 4.78 is 0. The Morgan fingerprint density at radius 1 is 1.12 bits per heavy atom. The van der Waals surface area contributed by atoms with E-state index in [0.29, 0.717) is 23.8 Å². The van der Waals surface area contributed by atoms with E-state index in [2.05, 4.69) is 60.3 Å². The highest BCUT2D eigenvalue weighted by atomic mass is 16.2. The fourth-order valence-electron chi connectivity index (χ4n) is 4.16. The first kappa shape index (κ1) is 19.2. The highest BCUT2D eigenvalue weighted by Gasteiger charge is 2.26. The summed E-state index contributed by atoms with van der Waals surface area (Å²) in [6.45, 7) is 8.48. The van der Waals surface area contributed by atoms with E-state index in [1.807, 2.05) is 0 Å². The topological polar surface area (TPSA) is 35.6 Å². The summed E-state index contributed by atoms with van der Waals surface area (Å²) in [5.74, 6) is 1.50. The normalized spacial score (nSPS) is 22.6. The largest absolute Gasteiger partial charge is 0.381 e. The third-order valence-electron chi connectivity index (χ3n) is 6.02. The van der Waals surface area contributed by atoms with Crippen molar-refractivity contribution in [2.24, 2.45) is 5.92 Å². The molecule has 0 aromatic heterocycles. The number of nitrogens with zero attached hydrogens (tertiary/aromatic N) is 2. The van der Waals surface area contributed by atoms with Gasteiger partial charge in [-0.1, -0.05) is 26.0 Å². The van der Waals surface area contributed by atoms with Gasteiger partial charge in [-0.25, -0.2) is 0 Å². The Labute approximate surface area is 158 Å². The van der Waals surface area contributed by atoms with Gasteiger partial charge in [0.1, 0.15) is 0 Å². The molecule has 2 aliphatic heterocycles. The Kier molecular flexibility index (Phi) is 6.58. The average molecular weight is 358 g/mol. The van der Waals surface area contributed by atoms with Crippen LogP contribution in [0.15, 0.2) is 24.3 Å². The maximum atomic E-state index is 12.7. The Morgan fingerprint density at radius 2 is 1.81 bits per heavy atom. The van der Waals surface area contributed by atoms with Crippen molar-refractivity contribution in [3.05, 3.63) is 29.8 Å². The number of likely N-dealkylation sites (tertiary alicyclic amines) is 2. The van der Waals surface area contributed by atoms with Crippen LogP contribution in [0.4, 0.5) is 5.69 Å². The molecule has 0 bridgehead atoms. The molecule has 2 heterocycles. The molecular weight excluding hydrogens is 322 g/mol. The zero-order valence-corrected chi connectivity index (χ0v) is 16.7. The second-order valence-electron chi connectivity index (χ2n) is 8.55. The third-order valence-corrected chi connectivity index (χ3v) is 6.02. The molecule has 0 spiro atoms. The van der Waals surface area contributed by atoms with Gasteiger partial charge >= 0.3 is 0 Å². The predicted molar refractivity (Wildman–Crippen MR) is 109 cm³/mol. The summed E-state index contributed by atoms with van der Waals surface area (Å²) in [5, 5.41) is 3.64. The van der Waals surface area contributed by atoms with Crippen LogP contribution in [-0.2, 0) is 4.79 Å². The highest BCUT2D eigenvalue weighted by Crippen LogP contribution is 2.23. The first-order chi connectivity index (χ1) is 12.5. The molecule has 3 rings (SSSR count). The van der Waals surface area contributed by atoms with Crippen LogP contribution in [-0.4, -0.2) is 55.0 Å². The monoisotopic (exact) mass is 357 g/mol. The van der Waals surface area contributed by atoms with E-state index in [-0.39, 0.29) is 0 Å². The lowest BCUT2D eigenvalue weighted by Gasteiger charge is -2.35. The Balaban J connectivity index is 1.49. The molecule has 2 fully saturated rings. The zero-order valence-electron chi connectivity index (χ0n) is 16.7. The molecular formula is C22H35N3O. The van der Waals surface area contributed by atoms with Crippen LogP contribution in [0, 0.1) is 5.92 Å². The van der Waals surface area contributed by atoms with Crippen LogP contribution in [0.3, 0.4) is 0 Å². The molecule has 0 saturated carbocycles. The van der Waals surface area contributed by atoms with Crippen molar-refractivity contribution in [3.8, 4) is 0 Å². The molecule has 1 atom stereocenters. The smallest absolute Gasteiger partial charge is 0.222 e. The Hall–Kier alpha value is -1.55. The van der Waals surface area contributed by atoms with Gasteiger partial charge in [0.25, 0.3) is 0 Å². The van der Waals surface area contributed by atoms with Crippen molar-refractivity contribution in [3.63, 3.8) is 0 Å². The number of carbonyl (C=O) groups excluding carboxylic acids is 1. The number of benzene rings is 1. The molecule has 0 unspecified atom stereocenters. The van der Waals surface area contributed by atoms with Crippen molar-refractivity contribution in [1.82, 2.24) is 9.80 Å². The fourth-order valence-corrected chi connectivity index (χ4v) is 4.16. The molecule has 144 valence electrons. The number of amides is 1. The number of nitrogens with one attached hydrogen (secondary N) is 1. The van der Waals surface area contributed by atoms with E-state index < -0.39 is 0 Å². The number of carbonyl (C=O) groups is 1. The summed E-state index contributed by atoms with van der Waals surface area (Å²) in [6, 6.07) is 9.14. The van der Waals surface area contributed by atoms with Crippen molar-refractivity contribution in [2.45, 2.75) is 57.9 Å². The third kappa shape index (κ3) is 5.23. The van der Waals surface area contributed by atoms with Crippen LogP contribution in [0.5, 0.6) is 0 Å². The van der Waals surface area contributed by atoms with Gasteiger partial charge in [-0.05, 0) is 75.4 Å². The number of hydrogen-bond donors (Lipinski definition) is 1. The number of piperidine rings is 2. The van der Waals surface area contributed by atoms with E-state index in [1.165, 1.54) is 24.1 Å². The van der Waals surface area contributed by atoms with Gasteiger partial charge in [-0.15, -0.1) is 0 Å². The molecule has 1 amide bonds. The molecule has 2 aliphatic rings. The highest BCUT2D eigenvalue weighted by molar-refractivity contribution is 5.76. The molecule has 0 radical (unpaired) electrons. The Morgan fingerprint density at radius 3 is 2.46 bits per heavy atom. The minimum Gasteiger partial charge on any atom is -0.381 e. The van der Waals surface area contributed by atoms with Gasteiger partial charge in [0, 0.05) is 31.2 Å². The Bertz CT molecular complexity index is 576. The van der Waals surface area contributed by atoms with Crippen LogP contribution in [0.1, 0.15) is 57.4 Å². The molecule has 0 aliphatic carbocycles. The molecule has 26 heavy (non-hydrogen) atoms. The molecule has 4 nitrogen and oxygen atoms in total.